The van der Waals surface area contributed by atoms with Gasteiger partial charge in [0.1, 0.15) is 12.6 Å². The van der Waals surface area contributed by atoms with Crippen LogP contribution in [0.25, 0.3) is 0 Å². The molecule has 0 saturated heterocycles. The number of aryl methyl sites for hydroxylation is 1. The van der Waals surface area contributed by atoms with Gasteiger partial charge in [0, 0.05) is 6.92 Å². The molecule has 1 heterocycles. The highest BCUT2D eigenvalue weighted by Crippen LogP contribution is 2.15. The van der Waals surface area contributed by atoms with Crippen LogP contribution < -0.4 is 0 Å². The van der Waals surface area contributed by atoms with Crippen molar-refractivity contribution in [2.75, 3.05) is 13.2 Å². The Morgan fingerprint density at radius 2 is 2.00 bits per heavy atom. The number of hydrogen-bond acceptors (Lipinski definition) is 5. The fourth-order valence-corrected chi connectivity index (χ4v) is 2.52. The van der Waals surface area contributed by atoms with Gasteiger partial charge in [0.05, 0.1) is 11.5 Å². The molecular formula is C12H15NO4S. The van der Waals surface area contributed by atoms with Crippen molar-refractivity contribution < 1.29 is 17.3 Å². The van der Waals surface area contributed by atoms with Crippen LogP contribution in [0.4, 0.5) is 0 Å². The van der Waals surface area contributed by atoms with Crippen molar-refractivity contribution in [1.82, 2.24) is 0 Å². The van der Waals surface area contributed by atoms with Crippen LogP contribution in [0, 0.1) is 6.92 Å². The van der Waals surface area contributed by atoms with E-state index >= 15 is 0 Å². The highest BCUT2D eigenvalue weighted by molar-refractivity contribution is 7.86. The Morgan fingerprint density at radius 1 is 1.33 bits per heavy atom. The molecule has 5 nitrogen and oxygen atoms in total. The fourth-order valence-electron chi connectivity index (χ4n) is 1.57. The molecule has 1 aromatic rings. The summed E-state index contributed by atoms with van der Waals surface area (Å²) in [6, 6.07) is 6.29. The summed E-state index contributed by atoms with van der Waals surface area (Å²) in [5.74, 6) is 0.566. The van der Waals surface area contributed by atoms with E-state index in [-0.39, 0.29) is 17.5 Å². The van der Waals surface area contributed by atoms with Crippen LogP contribution >= 0.6 is 0 Å². The standard InChI is InChI=1S/C12H15NO4S/c1-9-3-5-12(6-4-9)18(14,15)17-8-11-7-16-10(2)13-11/h3-6,11H,7-8H2,1-2H3. The number of hydrogen-bond donors (Lipinski definition) is 0. The Balaban J connectivity index is 2.01. The molecule has 6 heteroatoms. The van der Waals surface area contributed by atoms with Gasteiger partial charge in [-0.05, 0) is 19.1 Å². The van der Waals surface area contributed by atoms with E-state index in [1.54, 1.807) is 19.1 Å². The molecule has 1 unspecified atom stereocenters. The van der Waals surface area contributed by atoms with Crippen LogP contribution in [-0.4, -0.2) is 33.6 Å². The average Bonchev–Trinajstić information content (AvgIpc) is 2.73. The van der Waals surface area contributed by atoms with Crippen molar-refractivity contribution in [3.8, 4) is 0 Å². The van der Waals surface area contributed by atoms with Gasteiger partial charge in [-0.15, -0.1) is 0 Å². The second kappa shape index (κ2) is 5.07. The molecule has 1 atom stereocenters. The van der Waals surface area contributed by atoms with Gasteiger partial charge in [0.25, 0.3) is 10.1 Å². The lowest BCUT2D eigenvalue weighted by Crippen LogP contribution is -2.18. The van der Waals surface area contributed by atoms with Crippen LogP contribution in [0.15, 0.2) is 34.2 Å². The Bertz CT molecular complexity index is 548. The summed E-state index contributed by atoms with van der Waals surface area (Å²) in [6.45, 7) is 4.00. The first-order chi connectivity index (χ1) is 8.47. The van der Waals surface area contributed by atoms with Crippen molar-refractivity contribution >= 4 is 16.0 Å². The van der Waals surface area contributed by atoms with Crippen molar-refractivity contribution in [2.24, 2.45) is 4.99 Å². The van der Waals surface area contributed by atoms with Crippen molar-refractivity contribution in [3.05, 3.63) is 29.8 Å². The third kappa shape index (κ3) is 3.08. The fraction of sp³-hybridized carbons (Fsp3) is 0.417. The number of rotatable bonds is 4. The zero-order valence-electron chi connectivity index (χ0n) is 10.3. The minimum Gasteiger partial charge on any atom is -0.479 e. The molecule has 1 aliphatic heterocycles. The van der Waals surface area contributed by atoms with Gasteiger partial charge >= 0.3 is 0 Å². The Morgan fingerprint density at radius 3 is 2.56 bits per heavy atom. The van der Waals surface area contributed by atoms with Gasteiger partial charge in [0.2, 0.25) is 0 Å². The Hall–Kier alpha value is -1.40. The van der Waals surface area contributed by atoms with E-state index < -0.39 is 10.1 Å². The maximum Gasteiger partial charge on any atom is 0.297 e. The lowest BCUT2D eigenvalue weighted by atomic mass is 10.2. The molecule has 0 radical (unpaired) electrons. The smallest absolute Gasteiger partial charge is 0.297 e. The molecule has 0 N–H and O–H groups in total. The number of aliphatic imine (C=N–C) groups is 1. The van der Waals surface area contributed by atoms with Crippen LogP contribution in [0.5, 0.6) is 0 Å². The summed E-state index contributed by atoms with van der Waals surface area (Å²) in [7, 11) is -3.71. The van der Waals surface area contributed by atoms with Gasteiger partial charge < -0.3 is 4.74 Å². The monoisotopic (exact) mass is 269 g/mol. The third-order valence-electron chi connectivity index (χ3n) is 2.57. The summed E-state index contributed by atoms with van der Waals surface area (Å²) in [5.41, 5.74) is 0.998. The number of nitrogens with zero attached hydrogens (tertiary/aromatic N) is 1. The van der Waals surface area contributed by atoms with E-state index in [2.05, 4.69) is 4.99 Å². The quantitative estimate of drug-likeness (QED) is 0.777. The lowest BCUT2D eigenvalue weighted by molar-refractivity contribution is 0.246. The molecule has 0 fully saturated rings. The molecule has 0 bridgehead atoms. The maximum atomic E-state index is 11.9. The highest BCUT2D eigenvalue weighted by atomic mass is 32.2. The third-order valence-corrected chi connectivity index (χ3v) is 3.87. The Kier molecular flexibility index (Phi) is 3.68. The van der Waals surface area contributed by atoms with Crippen molar-refractivity contribution in [2.45, 2.75) is 24.8 Å². The van der Waals surface area contributed by atoms with Crippen molar-refractivity contribution in [1.29, 1.82) is 0 Å². The van der Waals surface area contributed by atoms with Crippen LogP contribution in [0.3, 0.4) is 0 Å². The van der Waals surface area contributed by atoms with E-state index in [4.69, 9.17) is 8.92 Å². The largest absolute Gasteiger partial charge is 0.479 e. The predicted octanol–water partition coefficient (Wildman–Crippen LogP) is 1.52. The average molecular weight is 269 g/mol. The zero-order chi connectivity index (χ0) is 13.2. The first-order valence-electron chi connectivity index (χ1n) is 5.61. The molecule has 2 rings (SSSR count). The molecule has 18 heavy (non-hydrogen) atoms. The van der Waals surface area contributed by atoms with E-state index in [9.17, 15) is 8.42 Å². The molecule has 0 saturated carbocycles. The summed E-state index contributed by atoms with van der Waals surface area (Å²) in [5, 5.41) is 0. The molecule has 0 aliphatic carbocycles. The molecule has 1 aromatic carbocycles. The maximum absolute atomic E-state index is 11.9. The number of ether oxygens (including phenoxy) is 1. The van der Waals surface area contributed by atoms with Gasteiger partial charge in [-0.1, -0.05) is 17.7 Å². The molecular weight excluding hydrogens is 254 g/mol. The first-order valence-corrected chi connectivity index (χ1v) is 7.01. The van der Waals surface area contributed by atoms with Gasteiger partial charge in [-0.2, -0.15) is 8.42 Å². The summed E-state index contributed by atoms with van der Waals surface area (Å²) in [4.78, 5) is 4.26. The van der Waals surface area contributed by atoms with Gasteiger partial charge in [0.15, 0.2) is 5.90 Å². The van der Waals surface area contributed by atoms with Crippen molar-refractivity contribution in [3.63, 3.8) is 0 Å². The minimum absolute atomic E-state index is 0.00749. The van der Waals surface area contributed by atoms with Gasteiger partial charge in [-0.25, -0.2) is 4.99 Å². The van der Waals surface area contributed by atoms with Crippen LogP contribution in [0.2, 0.25) is 0 Å². The van der Waals surface area contributed by atoms with E-state index in [0.717, 1.165) is 5.56 Å². The minimum atomic E-state index is -3.71. The molecule has 1 aliphatic rings. The van der Waals surface area contributed by atoms with Crippen LogP contribution in [0.1, 0.15) is 12.5 Å². The predicted molar refractivity (Wildman–Crippen MR) is 67.2 cm³/mol. The van der Waals surface area contributed by atoms with E-state index in [1.807, 2.05) is 6.92 Å². The lowest BCUT2D eigenvalue weighted by Gasteiger charge is -2.07. The zero-order valence-corrected chi connectivity index (χ0v) is 11.1. The second-order valence-corrected chi connectivity index (χ2v) is 5.78. The van der Waals surface area contributed by atoms with Crippen LogP contribution in [-0.2, 0) is 19.0 Å². The van der Waals surface area contributed by atoms with E-state index in [1.165, 1.54) is 12.1 Å². The summed E-state index contributed by atoms with van der Waals surface area (Å²) < 4.78 is 33.8. The topological polar surface area (TPSA) is 65.0 Å². The second-order valence-electron chi connectivity index (χ2n) is 4.16. The summed E-state index contributed by atoms with van der Waals surface area (Å²) >= 11 is 0. The SMILES string of the molecule is CC1=NC(COS(=O)(=O)c2ccc(C)cc2)CO1. The number of benzene rings is 1. The molecule has 0 aromatic heterocycles. The molecule has 0 spiro atoms. The molecule has 98 valence electrons. The highest BCUT2D eigenvalue weighted by Gasteiger charge is 2.21. The molecule has 0 amide bonds. The van der Waals surface area contributed by atoms with Gasteiger partial charge in [-0.3, -0.25) is 4.18 Å². The van der Waals surface area contributed by atoms with E-state index in [0.29, 0.717) is 12.5 Å². The Labute approximate surface area is 107 Å². The summed E-state index contributed by atoms with van der Waals surface area (Å²) in [6.07, 6.45) is 0. The normalized spacial score (nSPS) is 19.4. The first kappa shape index (κ1) is 13.0.